The van der Waals surface area contributed by atoms with E-state index < -0.39 is 0 Å². The quantitative estimate of drug-likeness (QED) is 0.751. The SMILES string of the molecule is COCc1noc(CNC(C)c2cc3ccccc3o2)n1. The molecule has 2 aromatic heterocycles. The second-order valence-corrected chi connectivity index (χ2v) is 4.83. The molecule has 0 spiro atoms. The van der Waals surface area contributed by atoms with E-state index in [-0.39, 0.29) is 6.04 Å². The topological polar surface area (TPSA) is 73.3 Å². The molecule has 110 valence electrons. The summed E-state index contributed by atoms with van der Waals surface area (Å²) in [6.07, 6.45) is 0. The van der Waals surface area contributed by atoms with Gasteiger partial charge in [-0.25, -0.2) is 0 Å². The molecule has 0 radical (unpaired) electrons. The number of benzene rings is 1. The first kappa shape index (κ1) is 13.8. The second kappa shape index (κ2) is 6.07. The fourth-order valence-electron chi connectivity index (χ4n) is 2.11. The zero-order valence-electron chi connectivity index (χ0n) is 12.0. The maximum atomic E-state index is 5.81. The van der Waals surface area contributed by atoms with Crippen molar-refractivity contribution in [2.24, 2.45) is 0 Å². The standard InChI is InChI=1S/C15H17N3O3/c1-10(13-7-11-5-3-4-6-12(11)20-13)16-8-15-17-14(9-19-2)18-21-15/h3-7,10,16H,8-9H2,1-2H3. The molecule has 6 nitrogen and oxygen atoms in total. The Bertz CT molecular complexity index is 687. The van der Waals surface area contributed by atoms with E-state index in [2.05, 4.69) is 15.5 Å². The fraction of sp³-hybridized carbons (Fsp3) is 0.333. The van der Waals surface area contributed by atoms with Crippen LogP contribution >= 0.6 is 0 Å². The van der Waals surface area contributed by atoms with Gasteiger partial charge in [-0.3, -0.25) is 5.32 Å². The van der Waals surface area contributed by atoms with Crippen molar-refractivity contribution >= 4 is 11.0 Å². The van der Waals surface area contributed by atoms with Gasteiger partial charge in [0.25, 0.3) is 0 Å². The summed E-state index contributed by atoms with van der Waals surface area (Å²) in [5.74, 6) is 1.96. The molecule has 1 aromatic carbocycles. The molecule has 0 amide bonds. The number of hydrogen-bond acceptors (Lipinski definition) is 6. The second-order valence-electron chi connectivity index (χ2n) is 4.83. The minimum absolute atomic E-state index is 0.0511. The van der Waals surface area contributed by atoms with Crippen molar-refractivity contribution in [1.82, 2.24) is 15.5 Å². The summed E-state index contributed by atoms with van der Waals surface area (Å²) in [6, 6.07) is 10.0. The number of methoxy groups -OCH3 is 1. The number of ether oxygens (including phenoxy) is 1. The highest BCUT2D eigenvalue weighted by atomic mass is 16.5. The highest BCUT2D eigenvalue weighted by Gasteiger charge is 2.13. The van der Waals surface area contributed by atoms with E-state index in [1.165, 1.54) is 0 Å². The number of para-hydroxylation sites is 1. The highest BCUT2D eigenvalue weighted by molar-refractivity contribution is 5.77. The number of nitrogens with one attached hydrogen (secondary N) is 1. The van der Waals surface area contributed by atoms with Crippen LogP contribution in [0.2, 0.25) is 0 Å². The van der Waals surface area contributed by atoms with E-state index in [1.54, 1.807) is 7.11 Å². The van der Waals surface area contributed by atoms with Crippen LogP contribution < -0.4 is 5.32 Å². The molecule has 0 saturated carbocycles. The Balaban J connectivity index is 1.63. The molecule has 6 heteroatoms. The third-order valence-corrected chi connectivity index (χ3v) is 3.21. The monoisotopic (exact) mass is 287 g/mol. The summed E-state index contributed by atoms with van der Waals surface area (Å²) in [7, 11) is 1.60. The van der Waals surface area contributed by atoms with Crippen LogP contribution in [0, 0.1) is 0 Å². The minimum Gasteiger partial charge on any atom is -0.459 e. The van der Waals surface area contributed by atoms with Crippen molar-refractivity contribution in [1.29, 1.82) is 0 Å². The predicted octanol–water partition coefficient (Wildman–Crippen LogP) is 2.81. The largest absolute Gasteiger partial charge is 0.459 e. The van der Waals surface area contributed by atoms with Gasteiger partial charge in [-0.05, 0) is 19.1 Å². The Hall–Kier alpha value is -2.18. The Morgan fingerprint density at radius 3 is 3.00 bits per heavy atom. The van der Waals surface area contributed by atoms with Gasteiger partial charge in [0.05, 0.1) is 12.6 Å². The number of rotatable bonds is 6. The molecule has 0 aliphatic carbocycles. The first-order valence-corrected chi connectivity index (χ1v) is 6.78. The lowest BCUT2D eigenvalue weighted by atomic mass is 10.2. The lowest BCUT2D eigenvalue weighted by Gasteiger charge is -2.08. The van der Waals surface area contributed by atoms with Crippen LogP contribution in [0.15, 0.2) is 39.3 Å². The highest BCUT2D eigenvalue weighted by Crippen LogP contribution is 2.23. The first-order valence-electron chi connectivity index (χ1n) is 6.78. The third-order valence-electron chi connectivity index (χ3n) is 3.21. The molecule has 3 rings (SSSR count). The number of aromatic nitrogens is 2. The van der Waals surface area contributed by atoms with Crippen molar-refractivity contribution in [3.05, 3.63) is 47.8 Å². The van der Waals surface area contributed by atoms with E-state index in [1.807, 2.05) is 37.3 Å². The Labute approximate surface area is 122 Å². The molecule has 3 aromatic rings. The lowest BCUT2D eigenvalue weighted by molar-refractivity contribution is 0.174. The van der Waals surface area contributed by atoms with Gasteiger partial charge in [0, 0.05) is 12.5 Å². The minimum atomic E-state index is 0.0511. The van der Waals surface area contributed by atoms with Crippen LogP contribution in [0.25, 0.3) is 11.0 Å². The molecule has 0 saturated heterocycles. The molecule has 1 unspecified atom stereocenters. The van der Waals surface area contributed by atoms with E-state index in [0.717, 1.165) is 16.7 Å². The Kier molecular flexibility index (Phi) is 3.98. The van der Waals surface area contributed by atoms with Gasteiger partial charge in [0.1, 0.15) is 18.0 Å². The van der Waals surface area contributed by atoms with Gasteiger partial charge >= 0.3 is 0 Å². The summed E-state index contributed by atoms with van der Waals surface area (Å²) >= 11 is 0. The van der Waals surface area contributed by atoms with Crippen molar-refractivity contribution in [3.63, 3.8) is 0 Å². The number of fused-ring (bicyclic) bond motifs is 1. The Morgan fingerprint density at radius 1 is 1.33 bits per heavy atom. The van der Waals surface area contributed by atoms with Crippen molar-refractivity contribution in [3.8, 4) is 0 Å². The molecular weight excluding hydrogens is 270 g/mol. The van der Waals surface area contributed by atoms with Crippen LogP contribution in [0.1, 0.15) is 30.4 Å². The average Bonchev–Trinajstić information content (AvgIpc) is 3.11. The fourth-order valence-corrected chi connectivity index (χ4v) is 2.11. The van der Waals surface area contributed by atoms with Gasteiger partial charge < -0.3 is 13.7 Å². The zero-order valence-corrected chi connectivity index (χ0v) is 12.0. The number of furan rings is 1. The molecule has 2 heterocycles. The van der Waals surface area contributed by atoms with Crippen molar-refractivity contribution in [2.45, 2.75) is 26.1 Å². The zero-order chi connectivity index (χ0) is 14.7. The molecule has 21 heavy (non-hydrogen) atoms. The first-order chi connectivity index (χ1) is 10.3. The van der Waals surface area contributed by atoms with E-state index >= 15 is 0 Å². The molecular formula is C15H17N3O3. The van der Waals surface area contributed by atoms with Gasteiger partial charge in [-0.1, -0.05) is 23.4 Å². The number of hydrogen-bond donors (Lipinski definition) is 1. The molecule has 0 fully saturated rings. The molecule has 1 N–H and O–H groups in total. The van der Waals surface area contributed by atoms with Crippen LogP contribution in [-0.2, 0) is 17.9 Å². The van der Waals surface area contributed by atoms with Gasteiger partial charge in [-0.2, -0.15) is 4.98 Å². The Morgan fingerprint density at radius 2 is 2.19 bits per heavy atom. The summed E-state index contributed by atoms with van der Waals surface area (Å²) in [4.78, 5) is 4.21. The van der Waals surface area contributed by atoms with E-state index in [4.69, 9.17) is 13.7 Å². The van der Waals surface area contributed by atoms with Crippen LogP contribution in [0.5, 0.6) is 0 Å². The smallest absolute Gasteiger partial charge is 0.240 e. The van der Waals surface area contributed by atoms with Crippen LogP contribution in [0.4, 0.5) is 0 Å². The normalized spacial score (nSPS) is 12.9. The van der Waals surface area contributed by atoms with Crippen LogP contribution in [-0.4, -0.2) is 17.3 Å². The summed E-state index contributed by atoms with van der Waals surface area (Å²) in [5, 5.41) is 8.22. The lowest BCUT2D eigenvalue weighted by Crippen LogP contribution is -2.17. The van der Waals surface area contributed by atoms with Crippen LogP contribution in [0.3, 0.4) is 0 Å². The maximum absolute atomic E-state index is 5.81. The van der Waals surface area contributed by atoms with Crippen molar-refractivity contribution in [2.75, 3.05) is 7.11 Å². The number of nitrogens with zero attached hydrogens (tertiary/aromatic N) is 2. The summed E-state index contributed by atoms with van der Waals surface area (Å²) in [5.41, 5.74) is 0.890. The molecule has 1 atom stereocenters. The van der Waals surface area contributed by atoms with E-state index in [9.17, 15) is 0 Å². The van der Waals surface area contributed by atoms with Gasteiger partial charge in [0.15, 0.2) is 5.82 Å². The molecule has 0 bridgehead atoms. The third kappa shape index (κ3) is 3.12. The van der Waals surface area contributed by atoms with Gasteiger partial charge in [0.2, 0.25) is 5.89 Å². The van der Waals surface area contributed by atoms with E-state index in [0.29, 0.717) is 24.9 Å². The summed E-state index contributed by atoms with van der Waals surface area (Å²) in [6.45, 7) is 2.86. The molecule has 0 aliphatic rings. The van der Waals surface area contributed by atoms with Gasteiger partial charge in [-0.15, -0.1) is 0 Å². The summed E-state index contributed by atoms with van der Waals surface area (Å²) < 4.78 is 15.9. The maximum Gasteiger partial charge on any atom is 0.240 e. The average molecular weight is 287 g/mol. The molecule has 0 aliphatic heterocycles. The van der Waals surface area contributed by atoms with Crippen molar-refractivity contribution < 1.29 is 13.7 Å². The predicted molar refractivity (Wildman–Crippen MR) is 76.5 cm³/mol.